The lowest BCUT2D eigenvalue weighted by atomic mass is 10.1. The van der Waals surface area contributed by atoms with E-state index < -0.39 is 18.0 Å². The predicted molar refractivity (Wildman–Crippen MR) is 114 cm³/mol. The van der Waals surface area contributed by atoms with Crippen LogP contribution in [-0.2, 0) is 16.1 Å². The molecule has 0 aliphatic rings. The topological polar surface area (TPSA) is 67.5 Å². The highest BCUT2D eigenvalue weighted by Crippen LogP contribution is 2.28. The Balaban J connectivity index is 2.28. The molecule has 9 heteroatoms. The quantitative estimate of drug-likeness (QED) is 0.430. The van der Waals surface area contributed by atoms with Crippen molar-refractivity contribution in [3.63, 3.8) is 0 Å². The number of nitrogens with zero attached hydrogens (tertiary/aromatic N) is 3. The van der Waals surface area contributed by atoms with E-state index in [0.717, 1.165) is 11.4 Å². The first-order valence-corrected chi connectivity index (χ1v) is 9.86. The number of rotatable bonds is 8. The van der Waals surface area contributed by atoms with Crippen LogP contribution in [0.5, 0.6) is 5.75 Å². The molecule has 2 rings (SSSR count). The lowest BCUT2D eigenvalue weighted by molar-refractivity contribution is -0.275. The third kappa shape index (κ3) is 6.14. The van der Waals surface area contributed by atoms with Crippen molar-refractivity contribution < 1.29 is 27.4 Å². The lowest BCUT2D eigenvalue weighted by Gasteiger charge is -2.19. The zero-order valence-corrected chi connectivity index (χ0v) is 18.7. The Kier molecular flexibility index (Phi) is 8.11. The summed E-state index contributed by atoms with van der Waals surface area (Å²) in [6, 6.07) is 9.42. The maximum Gasteiger partial charge on any atom is 0.573 e. The number of aryl methyl sites for hydroxylation is 1. The molecule has 1 amide bonds. The predicted octanol–water partition coefficient (Wildman–Crippen LogP) is 4.78. The first-order valence-electron chi connectivity index (χ1n) is 9.86. The molecular formula is C23H26F3N3O3. The Morgan fingerprint density at radius 1 is 1.31 bits per heavy atom. The Labute approximate surface area is 185 Å². The van der Waals surface area contributed by atoms with Crippen LogP contribution in [0.25, 0.3) is 6.08 Å². The summed E-state index contributed by atoms with van der Waals surface area (Å²) in [5, 5.41) is 9.57. The monoisotopic (exact) mass is 449 g/mol. The van der Waals surface area contributed by atoms with Gasteiger partial charge in [0.15, 0.2) is 0 Å². The summed E-state index contributed by atoms with van der Waals surface area (Å²) in [5.41, 5.74) is 2.59. The molecule has 1 aromatic carbocycles. The second kappa shape index (κ2) is 10.4. The summed E-state index contributed by atoms with van der Waals surface area (Å²) in [6.45, 7) is 6.16. The Bertz CT molecular complexity index is 1040. The highest BCUT2D eigenvalue weighted by atomic mass is 19.4. The number of carbonyl (C=O) groups is 1. The zero-order chi connectivity index (χ0) is 24.1. The van der Waals surface area contributed by atoms with Crippen molar-refractivity contribution in [3.8, 4) is 11.8 Å². The first-order chi connectivity index (χ1) is 15.0. The Hall–Kier alpha value is -3.25. The largest absolute Gasteiger partial charge is 0.573 e. The SMILES string of the molecule is COCC(C)n1c(C)cc(/C=C(\C#N)C(=O)N(C)Cc2ccccc2OC(F)(F)F)c1C. The van der Waals surface area contributed by atoms with E-state index in [4.69, 9.17) is 4.74 Å². The highest BCUT2D eigenvalue weighted by Gasteiger charge is 2.32. The smallest absolute Gasteiger partial charge is 0.405 e. The number of ether oxygens (including phenoxy) is 2. The van der Waals surface area contributed by atoms with Crippen molar-refractivity contribution >= 4 is 12.0 Å². The minimum atomic E-state index is -4.85. The number of amides is 1. The molecule has 0 radical (unpaired) electrons. The second-order valence-electron chi connectivity index (χ2n) is 7.49. The van der Waals surface area contributed by atoms with Crippen LogP contribution in [0.4, 0.5) is 13.2 Å². The van der Waals surface area contributed by atoms with Crippen LogP contribution in [0.15, 0.2) is 35.9 Å². The molecule has 1 atom stereocenters. The van der Waals surface area contributed by atoms with Gasteiger partial charge in [-0.1, -0.05) is 18.2 Å². The van der Waals surface area contributed by atoms with E-state index in [1.807, 2.05) is 32.9 Å². The Morgan fingerprint density at radius 3 is 2.56 bits per heavy atom. The van der Waals surface area contributed by atoms with Gasteiger partial charge in [-0.25, -0.2) is 0 Å². The number of benzene rings is 1. The van der Waals surface area contributed by atoms with E-state index in [9.17, 15) is 23.2 Å². The van der Waals surface area contributed by atoms with E-state index in [0.29, 0.717) is 12.2 Å². The molecule has 0 aliphatic carbocycles. The minimum absolute atomic E-state index is 0.0659. The molecule has 0 fully saturated rings. The fourth-order valence-corrected chi connectivity index (χ4v) is 3.63. The van der Waals surface area contributed by atoms with Gasteiger partial charge in [-0.15, -0.1) is 13.2 Å². The summed E-state index contributed by atoms with van der Waals surface area (Å²) in [5.74, 6) is -0.998. The first kappa shape index (κ1) is 25.0. The lowest BCUT2D eigenvalue weighted by Crippen LogP contribution is -2.28. The molecule has 0 saturated carbocycles. The van der Waals surface area contributed by atoms with Gasteiger partial charge in [-0.2, -0.15) is 5.26 Å². The number of methoxy groups -OCH3 is 1. The van der Waals surface area contributed by atoms with E-state index in [2.05, 4.69) is 9.30 Å². The average molecular weight is 449 g/mol. The molecule has 1 unspecified atom stereocenters. The van der Waals surface area contributed by atoms with E-state index in [1.54, 1.807) is 13.2 Å². The van der Waals surface area contributed by atoms with Crippen LogP contribution in [0.1, 0.15) is 35.5 Å². The Morgan fingerprint density at radius 2 is 1.97 bits per heavy atom. The second-order valence-corrected chi connectivity index (χ2v) is 7.49. The van der Waals surface area contributed by atoms with Gasteiger partial charge in [0.1, 0.15) is 17.4 Å². The van der Waals surface area contributed by atoms with Crippen molar-refractivity contribution in [1.29, 1.82) is 5.26 Å². The standard InChI is InChI=1S/C23H26F3N3O3/c1-15-10-19(17(3)29(15)16(2)14-31-5)11-20(12-27)22(30)28(4)13-18-8-6-7-9-21(18)32-23(24,25)26/h6-11,16H,13-14H2,1-5H3/b20-11+. The van der Waals surface area contributed by atoms with Crippen LogP contribution >= 0.6 is 0 Å². The molecule has 32 heavy (non-hydrogen) atoms. The molecule has 0 saturated heterocycles. The number of hydrogen-bond acceptors (Lipinski definition) is 4. The molecule has 172 valence electrons. The van der Waals surface area contributed by atoms with Gasteiger partial charge < -0.3 is 18.9 Å². The molecule has 0 spiro atoms. The fraction of sp³-hybridized carbons (Fsp3) is 0.391. The highest BCUT2D eigenvalue weighted by molar-refractivity contribution is 6.01. The van der Waals surface area contributed by atoms with Crippen molar-refractivity contribution in [2.24, 2.45) is 0 Å². The van der Waals surface area contributed by atoms with Crippen LogP contribution < -0.4 is 4.74 Å². The minimum Gasteiger partial charge on any atom is -0.405 e. The molecule has 1 aromatic heterocycles. The molecular weight excluding hydrogens is 423 g/mol. The summed E-state index contributed by atoms with van der Waals surface area (Å²) >= 11 is 0. The van der Waals surface area contributed by atoms with Crippen molar-refractivity contribution in [1.82, 2.24) is 9.47 Å². The van der Waals surface area contributed by atoms with Crippen LogP contribution in [0.3, 0.4) is 0 Å². The molecule has 0 N–H and O–H groups in total. The number of para-hydroxylation sites is 1. The van der Waals surface area contributed by atoms with Crippen molar-refractivity contribution in [2.75, 3.05) is 20.8 Å². The van der Waals surface area contributed by atoms with Gasteiger partial charge in [0.25, 0.3) is 5.91 Å². The van der Waals surface area contributed by atoms with Gasteiger partial charge in [0, 0.05) is 37.7 Å². The van der Waals surface area contributed by atoms with Gasteiger partial charge in [0.05, 0.1) is 12.6 Å². The maximum atomic E-state index is 12.9. The molecule has 0 aliphatic heterocycles. The number of likely N-dealkylation sites (N-methyl/N-ethyl adjacent to an activating group) is 1. The summed E-state index contributed by atoms with van der Waals surface area (Å²) in [7, 11) is 3.04. The molecule has 1 heterocycles. The number of carbonyl (C=O) groups excluding carboxylic acids is 1. The normalized spacial score (nSPS) is 12.9. The summed E-state index contributed by atoms with van der Waals surface area (Å²) in [6.07, 6.45) is -3.35. The van der Waals surface area contributed by atoms with Crippen LogP contribution in [0.2, 0.25) is 0 Å². The number of aromatic nitrogens is 1. The third-order valence-electron chi connectivity index (χ3n) is 4.98. The van der Waals surface area contributed by atoms with Gasteiger partial charge in [-0.05, 0) is 44.5 Å². The van der Waals surface area contributed by atoms with Crippen LogP contribution in [0, 0.1) is 25.2 Å². The zero-order valence-electron chi connectivity index (χ0n) is 18.7. The number of hydrogen-bond donors (Lipinski definition) is 0. The van der Waals surface area contributed by atoms with Gasteiger partial charge in [-0.3, -0.25) is 4.79 Å². The summed E-state index contributed by atoms with van der Waals surface area (Å²) < 4.78 is 49.3. The maximum absolute atomic E-state index is 12.9. The van der Waals surface area contributed by atoms with Crippen molar-refractivity contribution in [3.05, 3.63) is 58.4 Å². The number of nitriles is 1. The number of halogens is 3. The number of alkyl halides is 3. The van der Waals surface area contributed by atoms with Crippen LogP contribution in [-0.4, -0.2) is 42.5 Å². The van der Waals surface area contributed by atoms with E-state index in [1.165, 1.54) is 36.2 Å². The van der Waals surface area contributed by atoms with Crippen molar-refractivity contribution in [2.45, 2.75) is 39.7 Å². The van der Waals surface area contributed by atoms with E-state index in [-0.39, 0.29) is 23.7 Å². The molecule has 0 bridgehead atoms. The fourth-order valence-electron chi connectivity index (χ4n) is 3.63. The van der Waals surface area contributed by atoms with Gasteiger partial charge in [0.2, 0.25) is 0 Å². The molecule has 2 aromatic rings. The summed E-state index contributed by atoms with van der Waals surface area (Å²) in [4.78, 5) is 14.0. The van der Waals surface area contributed by atoms with E-state index >= 15 is 0 Å². The third-order valence-corrected chi connectivity index (χ3v) is 4.98. The molecule has 6 nitrogen and oxygen atoms in total. The average Bonchev–Trinajstić information content (AvgIpc) is 2.99. The van der Waals surface area contributed by atoms with Gasteiger partial charge >= 0.3 is 6.36 Å².